The number of unbranched alkanes of at least 4 members (excludes halogenated alkanes) is 3. The van der Waals surface area contributed by atoms with Crippen LogP contribution in [0.3, 0.4) is 0 Å². The lowest BCUT2D eigenvalue weighted by Gasteiger charge is -2.10. The Morgan fingerprint density at radius 2 is 1.70 bits per heavy atom. The minimum absolute atomic E-state index is 0.128. The van der Waals surface area contributed by atoms with Crippen LogP contribution in [0, 0.1) is 0 Å². The molecule has 0 saturated carbocycles. The molecular weight excluding hydrogens is 378 g/mol. The van der Waals surface area contributed by atoms with E-state index in [0.29, 0.717) is 17.8 Å². The highest BCUT2D eigenvalue weighted by atomic mass is 16.5. The summed E-state index contributed by atoms with van der Waals surface area (Å²) in [5.74, 6) is 0.510. The first-order chi connectivity index (χ1) is 14.6. The quantitative estimate of drug-likeness (QED) is 0.412. The molecule has 0 bridgehead atoms. The highest BCUT2D eigenvalue weighted by Gasteiger charge is 2.07. The van der Waals surface area contributed by atoms with E-state index in [0.717, 1.165) is 30.9 Å². The lowest BCUT2D eigenvalue weighted by molar-refractivity contribution is -0.114. The molecule has 0 aliphatic heterocycles. The molecule has 6 heteroatoms. The largest absolute Gasteiger partial charge is 0.494 e. The van der Waals surface area contributed by atoms with Gasteiger partial charge in [0.15, 0.2) is 0 Å². The zero-order valence-corrected chi connectivity index (χ0v) is 18.0. The van der Waals surface area contributed by atoms with Crippen LogP contribution in [0.15, 0.2) is 48.5 Å². The van der Waals surface area contributed by atoms with Crippen molar-refractivity contribution in [3.63, 3.8) is 0 Å². The number of anilines is 2. The maximum atomic E-state index is 12.2. The second-order valence-corrected chi connectivity index (χ2v) is 7.17. The van der Waals surface area contributed by atoms with Gasteiger partial charge in [-0.25, -0.2) is 0 Å². The Morgan fingerprint density at radius 3 is 2.43 bits per heavy atom. The van der Waals surface area contributed by atoms with E-state index in [9.17, 15) is 9.59 Å². The van der Waals surface area contributed by atoms with Crippen molar-refractivity contribution in [2.75, 3.05) is 30.3 Å². The third-order valence-electron chi connectivity index (χ3n) is 4.52. The van der Waals surface area contributed by atoms with Gasteiger partial charge in [0, 0.05) is 23.5 Å². The molecule has 0 fully saturated rings. The molecule has 2 aromatic carbocycles. The van der Waals surface area contributed by atoms with E-state index in [4.69, 9.17) is 4.74 Å². The number of hydrogen-bond donors (Lipinski definition) is 3. The lowest BCUT2D eigenvalue weighted by Crippen LogP contribution is -2.24. The van der Waals surface area contributed by atoms with Crippen molar-refractivity contribution < 1.29 is 14.3 Å². The average molecular weight is 412 g/mol. The van der Waals surface area contributed by atoms with Gasteiger partial charge in [-0.2, -0.15) is 0 Å². The first-order valence-electron chi connectivity index (χ1n) is 10.8. The maximum Gasteiger partial charge on any atom is 0.251 e. The summed E-state index contributed by atoms with van der Waals surface area (Å²) in [5, 5.41) is 8.74. The van der Waals surface area contributed by atoms with Gasteiger partial charge < -0.3 is 20.7 Å². The minimum atomic E-state index is -0.183. The van der Waals surface area contributed by atoms with Gasteiger partial charge in [0.2, 0.25) is 5.91 Å². The molecule has 0 saturated heterocycles. The van der Waals surface area contributed by atoms with E-state index < -0.39 is 0 Å². The first kappa shape index (κ1) is 23.3. The van der Waals surface area contributed by atoms with Crippen LogP contribution in [0.4, 0.5) is 11.4 Å². The summed E-state index contributed by atoms with van der Waals surface area (Å²) < 4.78 is 5.73. The smallest absolute Gasteiger partial charge is 0.251 e. The van der Waals surface area contributed by atoms with Crippen molar-refractivity contribution >= 4 is 23.2 Å². The Labute approximate surface area is 179 Å². The first-order valence-corrected chi connectivity index (χ1v) is 10.8. The van der Waals surface area contributed by atoms with E-state index in [1.165, 1.54) is 19.3 Å². The minimum Gasteiger partial charge on any atom is -0.494 e. The third kappa shape index (κ3) is 8.55. The zero-order chi connectivity index (χ0) is 21.6. The highest BCUT2D eigenvalue weighted by molar-refractivity contribution is 5.98. The molecule has 0 aromatic heterocycles. The van der Waals surface area contributed by atoms with Gasteiger partial charge in [-0.1, -0.05) is 39.2 Å². The maximum absolute atomic E-state index is 12.2. The van der Waals surface area contributed by atoms with Crippen LogP contribution in [-0.4, -0.2) is 31.5 Å². The van der Waals surface area contributed by atoms with Crippen LogP contribution in [0.1, 0.15) is 56.3 Å². The third-order valence-corrected chi connectivity index (χ3v) is 4.52. The van der Waals surface area contributed by atoms with Crippen molar-refractivity contribution in [3.8, 4) is 5.75 Å². The fourth-order valence-corrected chi connectivity index (χ4v) is 2.85. The molecular formula is C24H33N3O3. The summed E-state index contributed by atoms with van der Waals surface area (Å²) in [6.45, 7) is 5.67. The standard InChI is InChI=1S/C24H33N3O3/c1-3-5-6-7-16-30-22-13-11-20(12-14-22)26-18-23(28)27-21-10-8-9-19(17-21)24(29)25-15-4-2/h8-14,17,26H,3-7,15-16,18H2,1-2H3,(H,25,29)(H,27,28). The van der Waals surface area contributed by atoms with Crippen molar-refractivity contribution in [3.05, 3.63) is 54.1 Å². The molecule has 30 heavy (non-hydrogen) atoms. The van der Waals surface area contributed by atoms with Gasteiger partial charge in [-0.15, -0.1) is 0 Å². The molecule has 2 aromatic rings. The van der Waals surface area contributed by atoms with Crippen molar-refractivity contribution in [2.24, 2.45) is 0 Å². The van der Waals surface area contributed by atoms with Crippen molar-refractivity contribution in [1.82, 2.24) is 5.32 Å². The lowest BCUT2D eigenvalue weighted by atomic mass is 10.2. The average Bonchev–Trinajstić information content (AvgIpc) is 2.77. The Morgan fingerprint density at radius 1 is 0.900 bits per heavy atom. The summed E-state index contributed by atoms with van der Waals surface area (Å²) in [7, 11) is 0. The molecule has 3 N–H and O–H groups in total. The van der Waals surface area contributed by atoms with Crippen LogP contribution in [0.25, 0.3) is 0 Å². The normalized spacial score (nSPS) is 10.3. The number of hydrogen-bond acceptors (Lipinski definition) is 4. The predicted octanol–water partition coefficient (Wildman–Crippen LogP) is 4.84. The fourth-order valence-electron chi connectivity index (χ4n) is 2.85. The van der Waals surface area contributed by atoms with E-state index in [-0.39, 0.29) is 18.4 Å². The molecule has 0 spiro atoms. The van der Waals surface area contributed by atoms with Gasteiger partial charge in [0.1, 0.15) is 5.75 Å². The Balaban J connectivity index is 1.76. The molecule has 162 valence electrons. The van der Waals surface area contributed by atoms with Crippen molar-refractivity contribution in [2.45, 2.75) is 46.0 Å². The summed E-state index contributed by atoms with van der Waals surface area (Å²) in [4.78, 5) is 24.3. The fraction of sp³-hybridized carbons (Fsp3) is 0.417. The zero-order valence-electron chi connectivity index (χ0n) is 18.0. The van der Waals surface area contributed by atoms with Crippen LogP contribution in [-0.2, 0) is 4.79 Å². The molecule has 2 rings (SSSR count). The van der Waals surface area contributed by atoms with Crippen LogP contribution < -0.4 is 20.7 Å². The molecule has 0 aliphatic carbocycles. The summed E-state index contributed by atoms with van der Waals surface area (Å²) in [6.07, 6.45) is 5.59. The van der Waals surface area contributed by atoms with Crippen LogP contribution >= 0.6 is 0 Å². The number of carbonyl (C=O) groups is 2. The van der Waals surface area contributed by atoms with Crippen LogP contribution in [0.5, 0.6) is 5.75 Å². The molecule has 0 unspecified atom stereocenters. The Kier molecular flexibility index (Phi) is 10.3. The molecule has 0 heterocycles. The molecule has 6 nitrogen and oxygen atoms in total. The molecule has 0 aliphatic rings. The summed E-state index contributed by atoms with van der Waals surface area (Å²) in [6, 6.07) is 14.5. The summed E-state index contributed by atoms with van der Waals surface area (Å²) in [5.41, 5.74) is 1.97. The van der Waals surface area contributed by atoms with E-state index >= 15 is 0 Å². The number of amides is 2. The van der Waals surface area contributed by atoms with Gasteiger partial charge >= 0.3 is 0 Å². The SMILES string of the molecule is CCCCCCOc1ccc(NCC(=O)Nc2cccc(C(=O)NCCC)c2)cc1. The van der Waals surface area contributed by atoms with Gasteiger partial charge in [0.25, 0.3) is 5.91 Å². The number of nitrogens with one attached hydrogen (secondary N) is 3. The molecule has 2 amide bonds. The number of rotatable bonds is 13. The second kappa shape index (κ2) is 13.2. The van der Waals surface area contributed by atoms with E-state index in [2.05, 4.69) is 22.9 Å². The highest BCUT2D eigenvalue weighted by Crippen LogP contribution is 2.16. The van der Waals surface area contributed by atoms with E-state index in [1.54, 1.807) is 24.3 Å². The van der Waals surface area contributed by atoms with E-state index in [1.807, 2.05) is 31.2 Å². The van der Waals surface area contributed by atoms with Crippen LogP contribution in [0.2, 0.25) is 0 Å². The topological polar surface area (TPSA) is 79.5 Å². The van der Waals surface area contributed by atoms with Gasteiger partial charge in [0.05, 0.1) is 13.2 Å². The number of carbonyl (C=O) groups excluding carboxylic acids is 2. The number of benzene rings is 2. The van der Waals surface area contributed by atoms with Crippen molar-refractivity contribution in [1.29, 1.82) is 0 Å². The predicted molar refractivity (Wildman–Crippen MR) is 122 cm³/mol. The molecule has 0 atom stereocenters. The second-order valence-electron chi connectivity index (χ2n) is 7.17. The monoisotopic (exact) mass is 411 g/mol. The van der Waals surface area contributed by atoms with Gasteiger partial charge in [-0.3, -0.25) is 9.59 Å². The van der Waals surface area contributed by atoms with Gasteiger partial charge in [-0.05, 0) is 55.3 Å². The Bertz CT molecular complexity index is 791. The number of ether oxygens (including phenoxy) is 1. The molecule has 0 radical (unpaired) electrons. The Hall–Kier alpha value is -3.02. The summed E-state index contributed by atoms with van der Waals surface area (Å²) >= 11 is 0.